The van der Waals surface area contributed by atoms with E-state index in [1.54, 1.807) is 7.11 Å². The van der Waals surface area contributed by atoms with Gasteiger partial charge in [-0.05, 0) is 43.6 Å². The van der Waals surface area contributed by atoms with Crippen LogP contribution in [0.4, 0.5) is 0 Å². The zero-order chi connectivity index (χ0) is 14.8. The molecule has 0 saturated carbocycles. The minimum Gasteiger partial charge on any atom is -0.495 e. The Labute approximate surface area is 122 Å². The predicted octanol–water partition coefficient (Wildman–Crippen LogP) is 2.66. The van der Waals surface area contributed by atoms with Crippen molar-refractivity contribution in [2.24, 2.45) is 0 Å². The summed E-state index contributed by atoms with van der Waals surface area (Å²) in [5.41, 5.74) is 2.07. The van der Waals surface area contributed by atoms with Gasteiger partial charge in [0, 0.05) is 6.54 Å². The zero-order valence-electron chi connectivity index (χ0n) is 12.8. The lowest BCUT2D eigenvalue weighted by Crippen LogP contribution is -2.24. The van der Waals surface area contributed by atoms with Crippen molar-refractivity contribution in [2.45, 2.75) is 33.2 Å². The highest BCUT2D eigenvalue weighted by Crippen LogP contribution is 2.20. The molecule has 0 amide bonds. The van der Waals surface area contributed by atoms with Gasteiger partial charge in [-0.1, -0.05) is 31.8 Å². The van der Waals surface area contributed by atoms with Gasteiger partial charge in [-0.15, -0.1) is 0 Å². The fourth-order valence-electron chi connectivity index (χ4n) is 2.25. The standard InChI is InChI=1S/C17H25NO2/c1-4-10-18(11-5-2)14-15-8-9-17(20-3)16(13-15)7-6-12-19/h8-9,13,19H,4-5,10-12,14H2,1-3H3. The van der Waals surface area contributed by atoms with Crippen LogP contribution in [0.25, 0.3) is 0 Å². The smallest absolute Gasteiger partial charge is 0.134 e. The van der Waals surface area contributed by atoms with Gasteiger partial charge in [0.15, 0.2) is 0 Å². The molecule has 0 aromatic heterocycles. The molecular weight excluding hydrogens is 250 g/mol. The first-order valence-corrected chi connectivity index (χ1v) is 7.24. The van der Waals surface area contributed by atoms with E-state index in [0.717, 1.165) is 43.8 Å². The van der Waals surface area contributed by atoms with E-state index in [4.69, 9.17) is 9.84 Å². The van der Waals surface area contributed by atoms with Crippen molar-refractivity contribution in [3.8, 4) is 17.6 Å². The quantitative estimate of drug-likeness (QED) is 0.777. The van der Waals surface area contributed by atoms with Crippen LogP contribution in [0.1, 0.15) is 37.8 Å². The van der Waals surface area contributed by atoms with Crippen LogP contribution in [0.5, 0.6) is 5.75 Å². The summed E-state index contributed by atoms with van der Waals surface area (Å²) in [5.74, 6) is 6.39. The van der Waals surface area contributed by atoms with E-state index in [0.29, 0.717) is 0 Å². The van der Waals surface area contributed by atoms with E-state index >= 15 is 0 Å². The normalized spacial score (nSPS) is 10.2. The van der Waals surface area contributed by atoms with Gasteiger partial charge in [-0.25, -0.2) is 0 Å². The maximum absolute atomic E-state index is 8.82. The van der Waals surface area contributed by atoms with Crippen molar-refractivity contribution >= 4 is 0 Å². The molecule has 1 aromatic carbocycles. The number of aliphatic hydroxyl groups excluding tert-OH is 1. The number of nitrogens with zero attached hydrogens (tertiary/aromatic N) is 1. The van der Waals surface area contributed by atoms with Crippen LogP contribution in [0.3, 0.4) is 0 Å². The van der Waals surface area contributed by atoms with Crippen molar-refractivity contribution in [3.05, 3.63) is 29.3 Å². The van der Waals surface area contributed by atoms with Crippen LogP contribution >= 0.6 is 0 Å². The Morgan fingerprint density at radius 3 is 2.45 bits per heavy atom. The number of methoxy groups -OCH3 is 1. The fourth-order valence-corrected chi connectivity index (χ4v) is 2.25. The summed E-state index contributed by atoms with van der Waals surface area (Å²) in [6.07, 6.45) is 2.32. The van der Waals surface area contributed by atoms with Gasteiger partial charge in [0.25, 0.3) is 0 Å². The molecule has 0 aliphatic heterocycles. The average Bonchev–Trinajstić information content (AvgIpc) is 2.46. The van der Waals surface area contributed by atoms with E-state index in [-0.39, 0.29) is 6.61 Å². The van der Waals surface area contributed by atoms with E-state index < -0.39 is 0 Å². The molecule has 0 atom stereocenters. The summed E-state index contributed by atoms with van der Waals surface area (Å²) >= 11 is 0. The first-order valence-electron chi connectivity index (χ1n) is 7.24. The highest BCUT2D eigenvalue weighted by atomic mass is 16.5. The second-order valence-corrected chi connectivity index (χ2v) is 4.77. The Morgan fingerprint density at radius 2 is 1.90 bits per heavy atom. The molecule has 0 heterocycles. The molecule has 0 bridgehead atoms. The topological polar surface area (TPSA) is 32.7 Å². The lowest BCUT2D eigenvalue weighted by Gasteiger charge is -2.21. The van der Waals surface area contributed by atoms with Gasteiger partial charge < -0.3 is 9.84 Å². The molecule has 0 aliphatic rings. The van der Waals surface area contributed by atoms with Gasteiger partial charge >= 0.3 is 0 Å². The van der Waals surface area contributed by atoms with Crippen molar-refractivity contribution < 1.29 is 9.84 Å². The second kappa shape index (κ2) is 9.41. The van der Waals surface area contributed by atoms with Crippen LogP contribution in [0.15, 0.2) is 18.2 Å². The van der Waals surface area contributed by atoms with Crippen LogP contribution in [0, 0.1) is 11.8 Å². The van der Waals surface area contributed by atoms with Crippen molar-refractivity contribution in [3.63, 3.8) is 0 Å². The third-order valence-corrected chi connectivity index (χ3v) is 3.05. The monoisotopic (exact) mass is 275 g/mol. The Kier molecular flexibility index (Phi) is 7.79. The van der Waals surface area contributed by atoms with Crippen LogP contribution in [-0.2, 0) is 6.54 Å². The number of benzene rings is 1. The van der Waals surface area contributed by atoms with Crippen LogP contribution in [-0.4, -0.2) is 36.8 Å². The van der Waals surface area contributed by atoms with Gasteiger partial charge in [-0.3, -0.25) is 4.90 Å². The maximum atomic E-state index is 8.82. The Hall–Kier alpha value is -1.50. The van der Waals surface area contributed by atoms with Gasteiger partial charge in [-0.2, -0.15) is 0 Å². The SMILES string of the molecule is CCCN(CCC)Cc1ccc(OC)c(C#CCO)c1. The van der Waals surface area contributed by atoms with E-state index in [1.165, 1.54) is 5.56 Å². The summed E-state index contributed by atoms with van der Waals surface area (Å²) in [4.78, 5) is 2.45. The maximum Gasteiger partial charge on any atom is 0.134 e. The van der Waals surface area contributed by atoms with Crippen LogP contribution < -0.4 is 4.74 Å². The molecular formula is C17H25NO2. The zero-order valence-corrected chi connectivity index (χ0v) is 12.8. The summed E-state index contributed by atoms with van der Waals surface area (Å²) in [6.45, 7) is 7.42. The minimum atomic E-state index is -0.134. The molecule has 20 heavy (non-hydrogen) atoms. The van der Waals surface area contributed by atoms with Gasteiger partial charge in [0.05, 0.1) is 12.7 Å². The van der Waals surface area contributed by atoms with E-state index in [2.05, 4.69) is 42.7 Å². The lowest BCUT2D eigenvalue weighted by atomic mass is 10.1. The highest BCUT2D eigenvalue weighted by molar-refractivity contribution is 5.48. The van der Waals surface area contributed by atoms with Gasteiger partial charge in [0.1, 0.15) is 12.4 Å². The van der Waals surface area contributed by atoms with Crippen LogP contribution in [0.2, 0.25) is 0 Å². The Bertz CT molecular complexity index is 454. The number of aliphatic hydroxyl groups is 1. The molecule has 0 radical (unpaired) electrons. The minimum absolute atomic E-state index is 0.134. The predicted molar refractivity (Wildman–Crippen MR) is 82.8 cm³/mol. The molecule has 0 aliphatic carbocycles. The molecule has 0 saturated heterocycles. The third-order valence-electron chi connectivity index (χ3n) is 3.05. The summed E-state index contributed by atoms with van der Waals surface area (Å²) in [6, 6.07) is 6.09. The lowest BCUT2D eigenvalue weighted by molar-refractivity contribution is 0.266. The van der Waals surface area contributed by atoms with E-state index in [1.807, 2.05) is 6.07 Å². The molecule has 0 fully saturated rings. The molecule has 3 nitrogen and oxygen atoms in total. The second-order valence-electron chi connectivity index (χ2n) is 4.77. The Balaban J connectivity index is 2.89. The molecule has 110 valence electrons. The number of rotatable bonds is 7. The molecule has 0 unspecified atom stereocenters. The molecule has 1 rings (SSSR count). The molecule has 0 spiro atoms. The number of ether oxygens (including phenoxy) is 1. The first-order chi connectivity index (χ1) is 9.74. The highest BCUT2D eigenvalue weighted by Gasteiger charge is 2.07. The van der Waals surface area contributed by atoms with Crippen molar-refractivity contribution in [1.82, 2.24) is 4.90 Å². The third kappa shape index (κ3) is 5.24. The molecule has 3 heteroatoms. The number of hydrogen-bond acceptors (Lipinski definition) is 3. The van der Waals surface area contributed by atoms with Gasteiger partial charge in [0.2, 0.25) is 0 Å². The first kappa shape index (κ1) is 16.6. The molecule has 1 N–H and O–H groups in total. The summed E-state index contributed by atoms with van der Waals surface area (Å²) in [5, 5.41) is 8.82. The molecule has 1 aromatic rings. The van der Waals surface area contributed by atoms with Crippen molar-refractivity contribution in [2.75, 3.05) is 26.8 Å². The summed E-state index contributed by atoms with van der Waals surface area (Å²) < 4.78 is 5.30. The number of hydrogen-bond donors (Lipinski definition) is 1. The van der Waals surface area contributed by atoms with E-state index in [9.17, 15) is 0 Å². The van der Waals surface area contributed by atoms with Crippen molar-refractivity contribution in [1.29, 1.82) is 0 Å². The summed E-state index contributed by atoms with van der Waals surface area (Å²) in [7, 11) is 1.64. The fraction of sp³-hybridized carbons (Fsp3) is 0.529. The Morgan fingerprint density at radius 1 is 1.20 bits per heavy atom. The average molecular weight is 275 g/mol. The largest absolute Gasteiger partial charge is 0.495 e.